The molecule has 0 aliphatic heterocycles. The second-order valence-corrected chi connectivity index (χ2v) is 3.12. The number of rotatable bonds is 2. The van der Waals surface area contributed by atoms with Crippen molar-refractivity contribution in [3.8, 4) is 0 Å². The molecule has 0 unspecified atom stereocenters. The zero-order chi connectivity index (χ0) is 9.84. The molecule has 1 aromatic rings. The van der Waals surface area contributed by atoms with Crippen LogP contribution in [0.15, 0.2) is 29.5 Å². The molecule has 0 bridgehead atoms. The number of benzene rings is 1. The molecule has 0 N–H and O–H groups in total. The first-order valence-electron chi connectivity index (χ1n) is 3.71. The predicted octanol–water partition coefficient (Wildman–Crippen LogP) is 2.41. The van der Waals surface area contributed by atoms with E-state index in [9.17, 15) is 5.21 Å². The number of halogens is 1. The smallest absolute Gasteiger partial charge is 0.154 e. The van der Waals surface area contributed by atoms with Crippen molar-refractivity contribution in [3.05, 3.63) is 34.5 Å². The maximum Gasteiger partial charge on any atom is 0.154 e. The van der Waals surface area contributed by atoms with Gasteiger partial charge in [0.1, 0.15) is 0 Å². The molecular weight excluding hydrogens is 190 g/mol. The summed E-state index contributed by atoms with van der Waals surface area (Å²) in [4.78, 5) is 0.538. The Balaban J connectivity index is 2.89. The molecule has 1 aromatic carbocycles. The summed E-state index contributed by atoms with van der Waals surface area (Å²) in [5.41, 5.74) is 0.457. The maximum absolute atomic E-state index is 11.2. The van der Waals surface area contributed by atoms with Crippen LogP contribution in [0.3, 0.4) is 0 Å². The second kappa shape index (κ2) is 4.09. The lowest BCUT2D eigenvalue weighted by molar-refractivity contribution is -0.459. The minimum absolute atomic E-state index is 0.457. The Hall–Kier alpha value is -1.29. The summed E-state index contributed by atoms with van der Waals surface area (Å²) in [6.45, 7) is 0. The highest BCUT2D eigenvalue weighted by atomic mass is 35.5. The van der Waals surface area contributed by atoms with Crippen molar-refractivity contribution in [2.45, 2.75) is 0 Å². The Morgan fingerprint density at radius 2 is 1.85 bits per heavy atom. The molecule has 0 radical (unpaired) electrons. The third-order valence-electron chi connectivity index (χ3n) is 1.31. The van der Waals surface area contributed by atoms with Gasteiger partial charge in [-0.2, -0.15) is 5.01 Å². The van der Waals surface area contributed by atoms with E-state index in [4.69, 9.17) is 11.6 Å². The summed E-state index contributed by atoms with van der Waals surface area (Å²) >= 11 is 5.66. The zero-order valence-electron chi connectivity index (χ0n) is 7.44. The van der Waals surface area contributed by atoms with Gasteiger partial charge in [-0.1, -0.05) is 11.6 Å². The Labute approximate surface area is 81.6 Å². The Bertz CT molecular complexity index is 308. The van der Waals surface area contributed by atoms with Crippen LogP contribution in [0.4, 0.5) is 5.69 Å². The Kier molecular flexibility index (Phi) is 3.08. The lowest BCUT2D eigenvalue weighted by Gasteiger charge is -2.06. The third-order valence-corrected chi connectivity index (χ3v) is 1.56. The minimum Gasteiger partial charge on any atom is -0.691 e. The molecule has 0 aromatic heterocycles. The van der Waals surface area contributed by atoms with Gasteiger partial charge in [0.2, 0.25) is 0 Å². The summed E-state index contributed by atoms with van der Waals surface area (Å²) < 4.78 is 0. The number of hydrogen-bond acceptors (Lipinski definition) is 2. The normalized spacial score (nSPS) is 11.5. The molecule has 0 aliphatic rings. The van der Waals surface area contributed by atoms with E-state index in [-0.39, 0.29) is 0 Å². The molecule has 0 heterocycles. The molecule has 0 saturated heterocycles. The SMILES string of the molecule is CN(C)N=[N+]([O-])c1ccc(Cl)cc1. The lowest BCUT2D eigenvalue weighted by atomic mass is 10.3. The van der Waals surface area contributed by atoms with Crippen LogP contribution < -0.4 is 0 Å². The standard InChI is InChI=1S/C8H10ClN3O/c1-11(2)10-12(13)8-5-3-7(9)4-6-8/h3-6H,1-2H3. The van der Waals surface area contributed by atoms with Crippen molar-refractivity contribution >= 4 is 17.3 Å². The monoisotopic (exact) mass is 199 g/mol. The highest BCUT2D eigenvalue weighted by molar-refractivity contribution is 6.30. The molecule has 13 heavy (non-hydrogen) atoms. The van der Waals surface area contributed by atoms with Gasteiger partial charge in [0.15, 0.2) is 5.69 Å². The van der Waals surface area contributed by atoms with E-state index >= 15 is 0 Å². The Morgan fingerprint density at radius 1 is 1.31 bits per heavy atom. The van der Waals surface area contributed by atoms with E-state index in [2.05, 4.69) is 5.22 Å². The van der Waals surface area contributed by atoms with E-state index in [1.165, 1.54) is 5.01 Å². The number of nitrogens with zero attached hydrogens (tertiary/aromatic N) is 3. The summed E-state index contributed by atoms with van der Waals surface area (Å²) in [6, 6.07) is 6.52. The van der Waals surface area contributed by atoms with Gasteiger partial charge in [0.05, 0.1) is 19.3 Å². The zero-order valence-corrected chi connectivity index (χ0v) is 8.19. The molecule has 0 fully saturated rings. The summed E-state index contributed by atoms with van der Waals surface area (Å²) in [6.07, 6.45) is 0. The van der Waals surface area contributed by atoms with Crippen LogP contribution in [0.2, 0.25) is 5.02 Å². The molecule has 0 atom stereocenters. The maximum atomic E-state index is 11.2. The van der Waals surface area contributed by atoms with Crippen LogP contribution in [0.5, 0.6) is 0 Å². The number of hydrogen-bond donors (Lipinski definition) is 0. The van der Waals surface area contributed by atoms with Gasteiger partial charge < -0.3 is 5.21 Å². The van der Waals surface area contributed by atoms with Gasteiger partial charge in [0.25, 0.3) is 0 Å². The van der Waals surface area contributed by atoms with Gasteiger partial charge in [-0.15, -0.1) is 4.86 Å². The Morgan fingerprint density at radius 3 is 2.31 bits per heavy atom. The summed E-state index contributed by atoms with van der Waals surface area (Å²) in [5.74, 6) is 0. The van der Waals surface area contributed by atoms with Gasteiger partial charge in [-0.3, -0.25) is 0 Å². The van der Waals surface area contributed by atoms with Crippen LogP contribution in [0.25, 0.3) is 0 Å². The largest absolute Gasteiger partial charge is 0.691 e. The van der Waals surface area contributed by atoms with Crippen molar-refractivity contribution in [2.75, 3.05) is 14.1 Å². The topological polar surface area (TPSA) is 41.7 Å². The molecule has 5 heteroatoms. The van der Waals surface area contributed by atoms with E-state index < -0.39 is 0 Å². The first-order chi connectivity index (χ1) is 6.09. The van der Waals surface area contributed by atoms with E-state index in [0.29, 0.717) is 15.6 Å². The van der Waals surface area contributed by atoms with Crippen molar-refractivity contribution in [1.82, 2.24) is 5.01 Å². The molecule has 1 rings (SSSR count). The van der Waals surface area contributed by atoms with Crippen LogP contribution in [-0.4, -0.2) is 24.0 Å². The van der Waals surface area contributed by atoms with Gasteiger partial charge in [-0.05, 0) is 24.3 Å². The van der Waals surface area contributed by atoms with Crippen LogP contribution in [0, 0.1) is 5.21 Å². The van der Waals surface area contributed by atoms with E-state index in [0.717, 1.165) is 0 Å². The lowest BCUT2D eigenvalue weighted by Crippen LogP contribution is -2.06. The average Bonchev–Trinajstić information content (AvgIpc) is 2.04. The first-order valence-corrected chi connectivity index (χ1v) is 4.09. The second-order valence-electron chi connectivity index (χ2n) is 2.69. The average molecular weight is 200 g/mol. The van der Waals surface area contributed by atoms with Crippen LogP contribution in [-0.2, 0) is 0 Å². The van der Waals surface area contributed by atoms with Crippen molar-refractivity contribution in [1.29, 1.82) is 0 Å². The van der Waals surface area contributed by atoms with Gasteiger partial charge in [0, 0.05) is 5.02 Å². The van der Waals surface area contributed by atoms with Crippen molar-refractivity contribution < 1.29 is 4.86 Å². The quantitative estimate of drug-likeness (QED) is 0.417. The first kappa shape index (κ1) is 9.80. The van der Waals surface area contributed by atoms with Crippen molar-refractivity contribution in [3.63, 3.8) is 0 Å². The van der Waals surface area contributed by atoms with Crippen LogP contribution >= 0.6 is 11.6 Å². The molecule has 4 nitrogen and oxygen atoms in total. The third kappa shape index (κ3) is 2.91. The molecule has 0 saturated carbocycles. The molecule has 0 aliphatic carbocycles. The fourth-order valence-electron chi connectivity index (χ4n) is 0.783. The summed E-state index contributed by atoms with van der Waals surface area (Å²) in [7, 11) is 3.36. The minimum atomic E-state index is 0.457. The fourth-order valence-corrected chi connectivity index (χ4v) is 0.909. The summed E-state index contributed by atoms with van der Waals surface area (Å²) in [5, 5.41) is 16.9. The van der Waals surface area contributed by atoms with Crippen molar-refractivity contribution in [2.24, 2.45) is 5.22 Å². The highest BCUT2D eigenvalue weighted by Crippen LogP contribution is 2.15. The van der Waals surface area contributed by atoms with E-state index in [1.54, 1.807) is 38.4 Å². The molecule has 0 spiro atoms. The van der Waals surface area contributed by atoms with Crippen LogP contribution in [0.1, 0.15) is 0 Å². The molecule has 0 amide bonds. The van der Waals surface area contributed by atoms with E-state index in [1.807, 2.05) is 0 Å². The molecular formula is C8H10ClN3O. The highest BCUT2D eigenvalue weighted by Gasteiger charge is 1.98. The van der Waals surface area contributed by atoms with Gasteiger partial charge >= 0.3 is 0 Å². The fraction of sp³-hybridized carbons (Fsp3) is 0.250. The molecule has 70 valence electrons. The predicted molar refractivity (Wildman–Crippen MR) is 50.9 cm³/mol. The van der Waals surface area contributed by atoms with Gasteiger partial charge in [-0.25, -0.2) is 0 Å².